The van der Waals surface area contributed by atoms with Crippen LogP contribution < -0.4 is 0 Å². The van der Waals surface area contributed by atoms with Crippen molar-refractivity contribution in [1.82, 2.24) is 0 Å². The summed E-state index contributed by atoms with van der Waals surface area (Å²) in [4.78, 5) is 36.4. The van der Waals surface area contributed by atoms with Crippen molar-refractivity contribution in [3.63, 3.8) is 0 Å². The summed E-state index contributed by atoms with van der Waals surface area (Å²) in [5, 5.41) is 10.7. The van der Waals surface area contributed by atoms with E-state index in [9.17, 15) is 19.5 Å². The molecule has 7 nitrogen and oxygen atoms in total. The molecule has 0 fully saturated rings. The zero-order valence-electron chi connectivity index (χ0n) is 17.7. The lowest BCUT2D eigenvalue weighted by atomic mass is 9.95. The Kier molecular flexibility index (Phi) is 11.8. The summed E-state index contributed by atoms with van der Waals surface area (Å²) in [6.45, 7) is 10.9. The highest BCUT2D eigenvalue weighted by atomic mass is 16.6. The van der Waals surface area contributed by atoms with Crippen LogP contribution in [0, 0.1) is 0 Å². The van der Waals surface area contributed by atoms with Gasteiger partial charge in [-0.3, -0.25) is 9.59 Å². The molecule has 0 aliphatic heterocycles. The minimum atomic E-state index is -2.36. The second kappa shape index (κ2) is 12.9. The molecular weight excluding hydrogens is 364 g/mol. The molecule has 0 aliphatic rings. The average Bonchev–Trinajstić information content (AvgIpc) is 2.53. The van der Waals surface area contributed by atoms with Gasteiger partial charge in [-0.05, 0) is 59.8 Å². The Labute approximate surface area is 167 Å². The molecule has 0 bridgehead atoms. The minimum absolute atomic E-state index is 0.00901. The van der Waals surface area contributed by atoms with Crippen molar-refractivity contribution in [3.05, 3.63) is 34.9 Å². The van der Waals surface area contributed by atoms with Gasteiger partial charge in [0.1, 0.15) is 19.8 Å². The predicted octanol–water partition coefficient (Wildman–Crippen LogP) is 3.03. The molecule has 0 heterocycles. The second-order valence-corrected chi connectivity index (χ2v) is 7.19. The summed E-state index contributed by atoms with van der Waals surface area (Å²) in [7, 11) is 0. The van der Waals surface area contributed by atoms with Gasteiger partial charge in [-0.15, -0.1) is 0 Å². The van der Waals surface area contributed by atoms with E-state index in [-0.39, 0.29) is 19.8 Å². The molecule has 0 saturated carbocycles. The van der Waals surface area contributed by atoms with Gasteiger partial charge in [-0.2, -0.15) is 0 Å². The third kappa shape index (κ3) is 12.1. The van der Waals surface area contributed by atoms with Crippen molar-refractivity contribution in [2.75, 3.05) is 19.8 Å². The molecule has 1 N–H and O–H groups in total. The lowest BCUT2D eigenvalue weighted by molar-refractivity contribution is -0.176. The molecule has 0 aromatic rings. The Hall–Kier alpha value is -2.41. The second-order valence-electron chi connectivity index (χ2n) is 7.19. The fraction of sp³-hybridized carbons (Fsp3) is 0.571. The molecule has 0 unspecified atom stereocenters. The monoisotopic (exact) mass is 396 g/mol. The molecule has 0 aromatic heterocycles. The minimum Gasteiger partial charge on any atom is -0.461 e. The molecule has 0 spiro atoms. The highest BCUT2D eigenvalue weighted by Crippen LogP contribution is 2.20. The quantitative estimate of drug-likeness (QED) is 0.325. The molecule has 7 heteroatoms. The lowest BCUT2D eigenvalue weighted by Gasteiger charge is -2.24. The Bertz CT molecular complexity index is 593. The number of ether oxygens (including phenoxy) is 3. The first-order valence-corrected chi connectivity index (χ1v) is 9.07. The van der Waals surface area contributed by atoms with Crippen LogP contribution in [0.4, 0.5) is 0 Å². The zero-order valence-corrected chi connectivity index (χ0v) is 17.7. The number of allylic oxidation sites excluding steroid dienone is 3. The van der Waals surface area contributed by atoms with Crippen LogP contribution in [-0.2, 0) is 28.6 Å². The summed E-state index contributed by atoms with van der Waals surface area (Å²) < 4.78 is 15.0. The van der Waals surface area contributed by atoms with E-state index in [0.717, 1.165) is 16.7 Å². The summed E-state index contributed by atoms with van der Waals surface area (Å²) in [6.07, 6.45) is 3.57. The van der Waals surface area contributed by atoms with E-state index < -0.39 is 36.4 Å². The smallest absolute Gasteiger partial charge is 0.339 e. The van der Waals surface area contributed by atoms with E-state index in [1.165, 1.54) is 0 Å². The SMILES string of the molecule is CC(C)=CCOC(=O)CC(O)(CC(=O)OCC=C(C)C)C(=O)OCC=C(C)C. The maximum atomic E-state index is 12.3. The van der Waals surface area contributed by atoms with E-state index in [1.54, 1.807) is 18.2 Å². The van der Waals surface area contributed by atoms with Crippen LogP contribution in [0.3, 0.4) is 0 Å². The normalized spacial score (nSPS) is 10.4. The molecule has 0 radical (unpaired) electrons. The molecule has 0 aliphatic carbocycles. The Morgan fingerprint density at radius 3 is 1.32 bits per heavy atom. The molecule has 0 rings (SSSR count). The summed E-state index contributed by atoms with van der Waals surface area (Å²) >= 11 is 0. The topological polar surface area (TPSA) is 99.1 Å². The highest BCUT2D eigenvalue weighted by molar-refractivity contribution is 5.90. The number of hydrogen-bond acceptors (Lipinski definition) is 7. The average molecular weight is 396 g/mol. The number of carbonyl (C=O) groups excluding carboxylic acids is 3. The molecule has 0 aromatic carbocycles. The summed E-state index contributed by atoms with van der Waals surface area (Å²) in [5.74, 6) is -2.73. The largest absolute Gasteiger partial charge is 0.461 e. The third-order valence-corrected chi connectivity index (χ3v) is 3.43. The van der Waals surface area contributed by atoms with Crippen molar-refractivity contribution in [2.24, 2.45) is 0 Å². The van der Waals surface area contributed by atoms with Gasteiger partial charge in [-0.25, -0.2) is 4.79 Å². The Morgan fingerprint density at radius 2 is 1.00 bits per heavy atom. The molecule has 0 saturated heterocycles. The van der Waals surface area contributed by atoms with Crippen LogP contribution in [0.5, 0.6) is 0 Å². The number of carbonyl (C=O) groups is 3. The number of aliphatic hydroxyl groups is 1. The van der Waals surface area contributed by atoms with Crippen LogP contribution in [0.2, 0.25) is 0 Å². The van der Waals surface area contributed by atoms with Crippen molar-refractivity contribution in [1.29, 1.82) is 0 Å². The third-order valence-electron chi connectivity index (χ3n) is 3.43. The van der Waals surface area contributed by atoms with Gasteiger partial charge in [0.25, 0.3) is 0 Å². The molecule has 158 valence electrons. The van der Waals surface area contributed by atoms with Gasteiger partial charge in [0.15, 0.2) is 5.60 Å². The summed E-state index contributed by atoms with van der Waals surface area (Å²) in [5.41, 5.74) is 0.456. The highest BCUT2D eigenvalue weighted by Gasteiger charge is 2.43. The zero-order chi connectivity index (χ0) is 21.7. The van der Waals surface area contributed by atoms with Gasteiger partial charge in [-0.1, -0.05) is 16.7 Å². The maximum absolute atomic E-state index is 12.3. The van der Waals surface area contributed by atoms with Crippen LogP contribution in [0.15, 0.2) is 34.9 Å². The van der Waals surface area contributed by atoms with Gasteiger partial charge in [0.2, 0.25) is 0 Å². The molecule has 28 heavy (non-hydrogen) atoms. The number of rotatable bonds is 11. The number of hydrogen-bond donors (Lipinski definition) is 1. The van der Waals surface area contributed by atoms with Crippen LogP contribution in [-0.4, -0.2) is 48.4 Å². The standard InChI is InChI=1S/C21H32O7/c1-15(2)7-10-26-18(22)13-21(25,20(24)28-12-9-17(5)6)14-19(23)27-11-8-16(3)4/h7-9,25H,10-14H2,1-6H3. The van der Waals surface area contributed by atoms with Gasteiger partial charge >= 0.3 is 17.9 Å². The first-order valence-electron chi connectivity index (χ1n) is 9.07. The lowest BCUT2D eigenvalue weighted by Crippen LogP contribution is -2.45. The Morgan fingerprint density at radius 1 is 0.679 bits per heavy atom. The summed E-state index contributed by atoms with van der Waals surface area (Å²) in [6, 6.07) is 0. The van der Waals surface area contributed by atoms with E-state index in [2.05, 4.69) is 0 Å². The number of esters is 3. The fourth-order valence-electron chi connectivity index (χ4n) is 1.81. The molecule has 0 amide bonds. The van der Waals surface area contributed by atoms with Gasteiger partial charge < -0.3 is 19.3 Å². The van der Waals surface area contributed by atoms with E-state index in [1.807, 2.05) is 41.5 Å². The van der Waals surface area contributed by atoms with E-state index in [0.29, 0.717) is 0 Å². The molecule has 0 atom stereocenters. The van der Waals surface area contributed by atoms with E-state index >= 15 is 0 Å². The van der Waals surface area contributed by atoms with Crippen molar-refractivity contribution in [3.8, 4) is 0 Å². The van der Waals surface area contributed by atoms with E-state index in [4.69, 9.17) is 14.2 Å². The molecular formula is C21H32O7. The first kappa shape index (κ1) is 25.6. The van der Waals surface area contributed by atoms with Crippen LogP contribution >= 0.6 is 0 Å². The van der Waals surface area contributed by atoms with Gasteiger partial charge in [0, 0.05) is 0 Å². The van der Waals surface area contributed by atoms with Crippen molar-refractivity contribution in [2.45, 2.75) is 60.0 Å². The fourth-order valence-corrected chi connectivity index (χ4v) is 1.81. The maximum Gasteiger partial charge on any atom is 0.339 e. The van der Waals surface area contributed by atoms with Crippen molar-refractivity contribution >= 4 is 17.9 Å². The predicted molar refractivity (Wildman–Crippen MR) is 105 cm³/mol. The Balaban J connectivity index is 5.11. The van der Waals surface area contributed by atoms with Crippen molar-refractivity contribution < 1.29 is 33.7 Å². The van der Waals surface area contributed by atoms with Crippen LogP contribution in [0.1, 0.15) is 54.4 Å². The van der Waals surface area contributed by atoms with Gasteiger partial charge in [0.05, 0.1) is 12.8 Å². The van der Waals surface area contributed by atoms with Crippen LogP contribution in [0.25, 0.3) is 0 Å². The first-order chi connectivity index (χ1) is 13.0.